The van der Waals surface area contributed by atoms with E-state index in [0.717, 1.165) is 0 Å². The average molecular weight is 714 g/mol. The van der Waals surface area contributed by atoms with Crippen LogP contribution in [0, 0.1) is 17.8 Å². The van der Waals surface area contributed by atoms with Crippen molar-refractivity contribution in [3.8, 4) is 0 Å². The van der Waals surface area contributed by atoms with Gasteiger partial charge in [0, 0.05) is 37.0 Å². The van der Waals surface area contributed by atoms with Gasteiger partial charge >= 0.3 is 5.97 Å². The maximum absolute atomic E-state index is 14.2. The summed E-state index contributed by atoms with van der Waals surface area (Å²) in [5.74, 6) is -2.61. The molecule has 3 saturated heterocycles. The topological polar surface area (TPSA) is 163 Å². The fraction of sp³-hybridized carbons (Fsp3) is 0.892. The normalized spacial score (nSPS) is 48.1. The first kappa shape index (κ1) is 41.1. The number of ketones is 1. The lowest BCUT2D eigenvalue weighted by molar-refractivity contribution is -0.317. The van der Waals surface area contributed by atoms with Gasteiger partial charge in [0.1, 0.15) is 24.1 Å². The molecule has 0 radical (unpaired) electrons. The standard InChI is InChI=1S/C37H63NO12/c1-14-25-37(10)30(40)20(4)28(50-37)18(2)16-35(8,43)32(49-34-27(39)24(38(11)12)15-19(3)45-34)21(5)29(22(6)33(42)47-25)48-26-17-36(9,44-13)31(41)23(7)46-26/h18-19,21-27,29,31-32,34,39,41,43H,14-17H2,1-13H3/t18-,19-,21+,22-,23+,24+,25-,26+,27-,29+,31+,32-,34+,35-,36-,37-/m1/s1. The predicted octanol–water partition coefficient (Wildman–Crippen LogP) is 3.10. The largest absolute Gasteiger partial charge is 0.479 e. The Kier molecular flexibility index (Phi) is 12.6. The van der Waals surface area contributed by atoms with E-state index in [9.17, 15) is 24.9 Å². The number of cyclic esters (lactones) is 1. The predicted molar refractivity (Wildman–Crippen MR) is 183 cm³/mol. The van der Waals surface area contributed by atoms with Crippen LogP contribution in [0.1, 0.15) is 94.9 Å². The Morgan fingerprint density at radius 1 is 0.980 bits per heavy atom. The smallest absolute Gasteiger partial charge is 0.311 e. The monoisotopic (exact) mass is 713 g/mol. The van der Waals surface area contributed by atoms with Gasteiger partial charge < -0.3 is 53.4 Å². The lowest BCUT2D eigenvalue weighted by Crippen LogP contribution is -2.60. The van der Waals surface area contributed by atoms with Crippen molar-refractivity contribution in [2.45, 2.75) is 173 Å². The second-order valence-corrected chi connectivity index (χ2v) is 16.1. The van der Waals surface area contributed by atoms with Gasteiger partial charge in [-0.3, -0.25) is 9.59 Å². The Morgan fingerprint density at radius 2 is 1.62 bits per heavy atom. The van der Waals surface area contributed by atoms with E-state index < -0.39 is 89.7 Å². The summed E-state index contributed by atoms with van der Waals surface area (Å²) in [5, 5.41) is 34.9. The van der Waals surface area contributed by atoms with E-state index in [-0.39, 0.29) is 30.8 Å². The summed E-state index contributed by atoms with van der Waals surface area (Å²) in [6.45, 7) is 17.6. The molecule has 50 heavy (non-hydrogen) atoms. The van der Waals surface area contributed by atoms with E-state index >= 15 is 0 Å². The number of carbonyl (C=O) groups excluding carboxylic acids is 2. The van der Waals surface area contributed by atoms with Crippen molar-refractivity contribution >= 4 is 11.8 Å². The summed E-state index contributed by atoms with van der Waals surface area (Å²) >= 11 is 0. The molecule has 13 heteroatoms. The highest BCUT2D eigenvalue weighted by molar-refractivity contribution is 6.04. The summed E-state index contributed by atoms with van der Waals surface area (Å²) in [4.78, 5) is 29.8. The average Bonchev–Trinajstić information content (AvgIpc) is 3.28. The highest BCUT2D eigenvalue weighted by Gasteiger charge is 2.56. The lowest BCUT2D eigenvalue weighted by atomic mass is 9.77. The molecule has 288 valence electrons. The number of Topliss-reactive ketones (excluding diaryl/α,β-unsaturated/α-hetero) is 1. The number of carbonyl (C=O) groups is 2. The van der Waals surface area contributed by atoms with Crippen molar-refractivity contribution in [1.29, 1.82) is 0 Å². The van der Waals surface area contributed by atoms with Crippen molar-refractivity contribution in [1.82, 2.24) is 4.90 Å². The molecule has 2 bridgehead atoms. The van der Waals surface area contributed by atoms with Gasteiger partial charge in [0.15, 0.2) is 12.6 Å². The molecule has 4 rings (SSSR count). The Hall–Kier alpha value is -1.68. The van der Waals surface area contributed by atoms with E-state index in [4.69, 9.17) is 33.2 Å². The van der Waals surface area contributed by atoms with Crippen LogP contribution < -0.4 is 0 Å². The number of methoxy groups -OCH3 is 1. The van der Waals surface area contributed by atoms with Crippen LogP contribution in [0.3, 0.4) is 0 Å². The summed E-state index contributed by atoms with van der Waals surface area (Å²) < 4.78 is 43.9. The van der Waals surface area contributed by atoms with E-state index in [1.165, 1.54) is 7.11 Å². The molecular formula is C37H63NO12. The van der Waals surface area contributed by atoms with Crippen LogP contribution >= 0.6 is 0 Å². The van der Waals surface area contributed by atoms with E-state index in [2.05, 4.69) is 0 Å². The molecule has 0 aromatic carbocycles. The highest BCUT2D eigenvalue weighted by Crippen LogP contribution is 2.44. The van der Waals surface area contributed by atoms with E-state index in [0.29, 0.717) is 24.2 Å². The van der Waals surface area contributed by atoms with Gasteiger partial charge in [0.25, 0.3) is 0 Å². The molecule has 4 aliphatic rings. The van der Waals surface area contributed by atoms with Crippen LogP contribution in [-0.2, 0) is 42.7 Å². The Balaban J connectivity index is 1.83. The molecule has 3 fully saturated rings. The van der Waals surface area contributed by atoms with Crippen molar-refractivity contribution in [3.05, 3.63) is 11.3 Å². The highest BCUT2D eigenvalue weighted by atomic mass is 16.7. The number of fused-ring (bicyclic) bond motifs is 2. The molecule has 4 heterocycles. The summed E-state index contributed by atoms with van der Waals surface area (Å²) in [6, 6.07) is -0.275. The second kappa shape index (κ2) is 15.4. The maximum Gasteiger partial charge on any atom is 0.311 e. The molecule has 4 aliphatic heterocycles. The second-order valence-electron chi connectivity index (χ2n) is 16.1. The SMILES string of the molecule is CC[C@H]1OC(=O)[C@H](C)[C@@H](O[C@H]2C[C@@](C)(OC)[C@@H](O)[C@H](C)O2)[C@H](C)[C@@H](O[C@@H]2O[C@H](C)C[C@H](N(C)C)[C@H]2O)[C@](C)(O)C[C@@H](C)C2=C(C)C(=O)[C@]1(C)O2. The fourth-order valence-electron chi connectivity index (χ4n) is 8.59. The molecule has 16 atom stereocenters. The lowest BCUT2D eigenvalue weighted by Gasteiger charge is -2.48. The van der Waals surface area contributed by atoms with Crippen LogP contribution in [0.15, 0.2) is 11.3 Å². The molecular weight excluding hydrogens is 650 g/mol. The number of nitrogens with zero attached hydrogens (tertiary/aromatic N) is 1. The molecule has 0 aliphatic carbocycles. The minimum Gasteiger partial charge on any atom is -0.479 e. The van der Waals surface area contributed by atoms with Gasteiger partial charge in [0.05, 0.1) is 41.5 Å². The first-order valence-electron chi connectivity index (χ1n) is 18.2. The zero-order valence-corrected chi connectivity index (χ0v) is 32.3. The Morgan fingerprint density at radius 3 is 2.20 bits per heavy atom. The van der Waals surface area contributed by atoms with Gasteiger partial charge in [-0.05, 0) is 81.8 Å². The molecule has 0 saturated carbocycles. The van der Waals surface area contributed by atoms with E-state index in [1.807, 2.05) is 46.7 Å². The zero-order chi connectivity index (χ0) is 37.7. The minimum atomic E-state index is -1.63. The van der Waals surface area contributed by atoms with Crippen molar-refractivity contribution in [2.75, 3.05) is 21.2 Å². The minimum absolute atomic E-state index is 0.102. The van der Waals surface area contributed by atoms with Crippen LogP contribution in [0.5, 0.6) is 0 Å². The van der Waals surface area contributed by atoms with Crippen molar-refractivity contribution in [3.63, 3.8) is 0 Å². The van der Waals surface area contributed by atoms with Gasteiger partial charge in [-0.25, -0.2) is 0 Å². The Labute approximate surface area is 297 Å². The molecule has 13 nitrogen and oxygen atoms in total. The number of hydrogen-bond donors (Lipinski definition) is 3. The van der Waals surface area contributed by atoms with Gasteiger partial charge in [-0.15, -0.1) is 0 Å². The number of aliphatic hydroxyl groups is 3. The molecule has 0 aromatic heterocycles. The van der Waals surface area contributed by atoms with Gasteiger partial charge in [0.2, 0.25) is 11.4 Å². The van der Waals surface area contributed by atoms with Gasteiger partial charge in [-0.1, -0.05) is 20.8 Å². The first-order chi connectivity index (χ1) is 23.1. The quantitative estimate of drug-likeness (QED) is 0.331. The third-order valence-electron chi connectivity index (χ3n) is 11.7. The van der Waals surface area contributed by atoms with Crippen LogP contribution in [0.4, 0.5) is 0 Å². The number of hydrogen-bond acceptors (Lipinski definition) is 13. The fourth-order valence-corrected chi connectivity index (χ4v) is 8.59. The number of likely N-dealkylation sites (N-methyl/N-ethyl adjacent to an activating group) is 1. The van der Waals surface area contributed by atoms with Crippen molar-refractivity contribution < 1.29 is 58.1 Å². The third-order valence-corrected chi connectivity index (χ3v) is 11.7. The number of allylic oxidation sites excluding steroid dienone is 1. The van der Waals surface area contributed by atoms with Crippen LogP contribution in [-0.4, -0.2) is 131 Å². The third kappa shape index (κ3) is 7.82. The zero-order valence-electron chi connectivity index (χ0n) is 32.3. The number of esters is 1. The summed E-state index contributed by atoms with van der Waals surface area (Å²) in [6.07, 6.45) is -6.74. The summed E-state index contributed by atoms with van der Waals surface area (Å²) in [5.41, 5.74) is -3.67. The molecule has 0 spiro atoms. The van der Waals surface area contributed by atoms with Crippen LogP contribution in [0.2, 0.25) is 0 Å². The summed E-state index contributed by atoms with van der Waals surface area (Å²) in [7, 11) is 5.27. The number of aliphatic hydroxyl groups excluding tert-OH is 2. The number of ether oxygens (including phenoxy) is 7. The van der Waals surface area contributed by atoms with Gasteiger partial charge in [-0.2, -0.15) is 0 Å². The molecule has 0 amide bonds. The maximum atomic E-state index is 14.2. The molecule has 0 aromatic rings. The van der Waals surface area contributed by atoms with Crippen LogP contribution in [0.25, 0.3) is 0 Å². The molecule has 0 unspecified atom stereocenters. The Bertz CT molecular complexity index is 1260. The molecule has 3 N–H and O–H groups in total. The first-order valence-corrected chi connectivity index (χ1v) is 18.2. The van der Waals surface area contributed by atoms with Crippen molar-refractivity contribution in [2.24, 2.45) is 17.8 Å². The number of rotatable bonds is 7. The van der Waals surface area contributed by atoms with E-state index in [1.54, 1.807) is 41.5 Å².